The van der Waals surface area contributed by atoms with Gasteiger partial charge in [-0.25, -0.2) is 14.0 Å². The van der Waals surface area contributed by atoms with Crippen molar-refractivity contribution in [3.63, 3.8) is 0 Å². The van der Waals surface area contributed by atoms with Crippen LogP contribution in [0.5, 0.6) is 5.75 Å². The van der Waals surface area contributed by atoms with Crippen LogP contribution in [0.4, 0.5) is 11.4 Å². The Morgan fingerprint density at radius 2 is 1.50 bits per heavy atom. The largest absolute Gasteiger partial charge is 0.493 e. The molecule has 3 aliphatic heterocycles. The SMILES string of the molecule is CCC(C)n1ncn(-c2ccc(N3CCN(c4ccc(OCC5COC(Cn6nccn6)(C6CCOCC6)[C@H]5C)cc4)CC3)cc2)c1=O. The third-order valence-electron chi connectivity index (χ3n) is 11.0. The van der Waals surface area contributed by atoms with Gasteiger partial charge < -0.3 is 24.0 Å². The van der Waals surface area contributed by atoms with Crippen LogP contribution in [-0.4, -0.2) is 87.5 Å². The minimum atomic E-state index is -0.318. The standard InChI is InChI=1S/C36H48N8O4/c1-4-27(2)44-35(45)42(26-39-44)33-7-5-31(6-8-33)40-17-19-41(20-18-40)32-9-11-34(12-10-32)47-23-29-24-48-36(28(29)3,25-43-37-15-16-38-43)30-13-21-46-22-14-30/h5-12,15-16,26-30H,4,13-14,17-25H2,1-3H3/t27?,28-,29?,36?/m0/s1. The van der Waals surface area contributed by atoms with Gasteiger partial charge in [0.05, 0.1) is 49.5 Å². The van der Waals surface area contributed by atoms with Crippen molar-refractivity contribution in [1.82, 2.24) is 29.3 Å². The molecule has 7 rings (SSSR count). The molecule has 0 N–H and O–H groups in total. The van der Waals surface area contributed by atoms with Gasteiger partial charge in [-0.1, -0.05) is 13.8 Å². The molecule has 4 atom stereocenters. The van der Waals surface area contributed by atoms with Crippen molar-refractivity contribution in [2.75, 3.05) is 62.4 Å². The first-order chi connectivity index (χ1) is 23.4. The van der Waals surface area contributed by atoms with Gasteiger partial charge in [0.2, 0.25) is 0 Å². The minimum absolute atomic E-state index is 0.0779. The van der Waals surface area contributed by atoms with Crippen molar-refractivity contribution in [2.45, 2.75) is 58.2 Å². The fourth-order valence-corrected chi connectivity index (χ4v) is 7.64. The number of ether oxygens (including phenoxy) is 3. The lowest BCUT2D eigenvalue weighted by atomic mass is 9.71. The normalized spacial score (nSPS) is 24.2. The first-order valence-electron chi connectivity index (χ1n) is 17.5. The van der Waals surface area contributed by atoms with Crippen LogP contribution in [0.2, 0.25) is 0 Å². The first-order valence-corrected chi connectivity index (χ1v) is 17.5. The molecule has 0 amide bonds. The molecular formula is C36H48N8O4. The summed E-state index contributed by atoms with van der Waals surface area (Å²) in [6.45, 7) is 13.6. The average molecular weight is 657 g/mol. The van der Waals surface area contributed by atoms with Gasteiger partial charge in [-0.15, -0.1) is 0 Å². The second kappa shape index (κ2) is 14.1. The highest BCUT2D eigenvalue weighted by atomic mass is 16.5. The van der Waals surface area contributed by atoms with E-state index in [1.807, 2.05) is 19.1 Å². The van der Waals surface area contributed by atoms with Gasteiger partial charge >= 0.3 is 5.69 Å². The molecule has 0 bridgehead atoms. The molecule has 0 spiro atoms. The van der Waals surface area contributed by atoms with Crippen molar-refractivity contribution in [1.29, 1.82) is 0 Å². The molecule has 3 saturated heterocycles. The molecule has 256 valence electrons. The number of nitrogens with zero attached hydrogens (tertiary/aromatic N) is 8. The second-order valence-electron chi connectivity index (χ2n) is 13.5. The van der Waals surface area contributed by atoms with Crippen LogP contribution in [0.3, 0.4) is 0 Å². The fourth-order valence-electron chi connectivity index (χ4n) is 7.64. The summed E-state index contributed by atoms with van der Waals surface area (Å²) in [5.74, 6) is 1.88. The van der Waals surface area contributed by atoms with Crippen molar-refractivity contribution in [3.05, 3.63) is 77.7 Å². The number of aromatic nitrogens is 6. The Morgan fingerprint density at radius 3 is 2.12 bits per heavy atom. The van der Waals surface area contributed by atoms with E-state index in [4.69, 9.17) is 14.2 Å². The van der Waals surface area contributed by atoms with Crippen LogP contribution in [0.15, 0.2) is 72.0 Å². The molecule has 0 aliphatic carbocycles. The van der Waals surface area contributed by atoms with Crippen LogP contribution in [-0.2, 0) is 16.0 Å². The molecule has 12 heteroatoms. The Bertz CT molecular complexity index is 1660. The number of piperazine rings is 1. The summed E-state index contributed by atoms with van der Waals surface area (Å²) in [5.41, 5.74) is 2.78. The van der Waals surface area contributed by atoms with E-state index < -0.39 is 0 Å². The zero-order valence-corrected chi connectivity index (χ0v) is 28.4. The van der Waals surface area contributed by atoms with E-state index in [0.717, 1.165) is 75.8 Å². The Kier molecular flexibility index (Phi) is 9.54. The lowest BCUT2D eigenvalue weighted by molar-refractivity contribution is -0.111. The van der Waals surface area contributed by atoms with Crippen molar-refractivity contribution < 1.29 is 14.2 Å². The van der Waals surface area contributed by atoms with E-state index in [2.05, 4.69) is 75.3 Å². The lowest BCUT2D eigenvalue weighted by Crippen LogP contribution is -2.49. The van der Waals surface area contributed by atoms with Gasteiger partial charge in [-0.2, -0.15) is 20.1 Å². The van der Waals surface area contributed by atoms with Gasteiger partial charge in [0.15, 0.2) is 0 Å². The van der Waals surface area contributed by atoms with Gasteiger partial charge in [0, 0.05) is 56.7 Å². The van der Waals surface area contributed by atoms with Crippen molar-refractivity contribution in [3.8, 4) is 11.4 Å². The Morgan fingerprint density at radius 1 is 0.896 bits per heavy atom. The molecule has 0 saturated carbocycles. The molecule has 48 heavy (non-hydrogen) atoms. The number of anilines is 2. The topological polar surface area (TPSA) is 105 Å². The Labute approximate surface area is 282 Å². The first kappa shape index (κ1) is 32.4. The second-order valence-corrected chi connectivity index (χ2v) is 13.5. The summed E-state index contributed by atoms with van der Waals surface area (Å²) in [6.07, 6.45) is 7.93. The third-order valence-corrected chi connectivity index (χ3v) is 11.0. The Hall–Kier alpha value is -4.16. The highest BCUT2D eigenvalue weighted by Crippen LogP contribution is 2.46. The van der Waals surface area contributed by atoms with Crippen molar-refractivity contribution in [2.24, 2.45) is 17.8 Å². The zero-order valence-electron chi connectivity index (χ0n) is 28.4. The van der Waals surface area contributed by atoms with Gasteiger partial charge in [0.25, 0.3) is 0 Å². The van der Waals surface area contributed by atoms with E-state index in [9.17, 15) is 4.79 Å². The molecule has 2 aromatic heterocycles. The Balaban J connectivity index is 0.918. The average Bonchev–Trinajstić information content (AvgIpc) is 3.88. The van der Waals surface area contributed by atoms with Crippen LogP contribution < -0.4 is 20.2 Å². The maximum absolute atomic E-state index is 12.8. The highest BCUT2D eigenvalue weighted by molar-refractivity contribution is 5.54. The third kappa shape index (κ3) is 6.47. The van der Waals surface area contributed by atoms with Gasteiger partial charge in [0.1, 0.15) is 12.1 Å². The maximum Gasteiger partial charge on any atom is 0.350 e. The molecule has 2 aromatic carbocycles. The summed E-state index contributed by atoms with van der Waals surface area (Å²) in [5, 5.41) is 13.1. The lowest BCUT2D eigenvalue weighted by Gasteiger charge is -2.42. The van der Waals surface area contributed by atoms with Gasteiger partial charge in [-0.3, -0.25) is 0 Å². The fraction of sp³-hybridized carbons (Fsp3) is 0.556. The smallest absolute Gasteiger partial charge is 0.350 e. The maximum atomic E-state index is 12.8. The summed E-state index contributed by atoms with van der Waals surface area (Å²) in [7, 11) is 0. The molecule has 12 nitrogen and oxygen atoms in total. The molecule has 3 aliphatic rings. The predicted molar refractivity (Wildman–Crippen MR) is 184 cm³/mol. The predicted octanol–water partition coefficient (Wildman–Crippen LogP) is 4.45. The van der Waals surface area contributed by atoms with Crippen molar-refractivity contribution >= 4 is 11.4 Å². The number of rotatable bonds is 11. The molecular weight excluding hydrogens is 608 g/mol. The molecule has 4 aromatic rings. The number of benzene rings is 2. The minimum Gasteiger partial charge on any atom is -0.493 e. The van der Waals surface area contributed by atoms with E-state index in [0.29, 0.717) is 31.6 Å². The van der Waals surface area contributed by atoms with E-state index in [1.165, 1.54) is 5.69 Å². The molecule has 3 fully saturated rings. The van der Waals surface area contributed by atoms with E-state index >= 15 is 0 Å². The van der Waals surface area contributed by atoms with Crippen LogP contribution in [0.1, 0.15) is 46.1 Å². The molecule has 5 heterocycles. The molecule has 0 radical (unpaired) electrons. The monoisotopic (exact) mass is 656 g/mol. The summed E-state index contributed by atoms with van der Waals surface area (Å²) in [6, 6.07) is 16.8. The van der Waals surface area contributed by atoms with E-state index in [1.54, 1.807) is 32.8 Å². The molecule has 3 unspecified atom stereocenters. The number of hydrogen-bond acceptors (Lipinski definition) is 9. The van der Waals surface area contributed by atoms with Crippen LogP contribution >= 0.6 is 0 Å². The quantitative estimate of drug-likeness (QED) is 0.232. The van der Waals surface area contributed by atoms with Crippen LogP contribution in [0, 0.1) is 17.8 Å². The highest BCUT2D eigenvalue weighted by Gasteiger charge is 2.53. The van der Waals surface area contributed by atoms with Crippen LogP contribution in [0.25, 0.3) is 5.69 Å². The van der Waals surface area contributed by atoms with Gasteiger partial charge in [-0.05, 0) is 86.6 Å². The number of hydrogen-bond donors (Lipinski definition) is 0. The zero-order chi connectivity index (χ0) is 33.1. The summed E-state index contributed by atoms with van der Waals surface area (Å²) in [4.78, 5) is 19.4. The summed E-state index contributed by atoms with van der Waals surface area (Å²) >= 11 is 0. The van der Waals surface area contributed by atoms with E-state index in [-0.39, 0.29) is 23.3 Å². The summed E-state index contributed by atoms with van der Waals surface area (Å²) < 4.78 is 21.9.